The number of carbonyl (C=O) groups excluding carboxylic acids is 1. The van der Waals surface area contributed by atoms with E-state index in [4.69, 9.17) is 5.73 Å². The Morgan fingerprint density at radius 2 is 2.11 bits per heavy atom. The van der Waals surface area contributed by atoms with Crippen LogP contribution in [0.2, 0.25) is 0 Å². The van der Waals surface area contributed by atoms with Crippen molar-refractivity contribution in [1.82, 2.24) is 4.90 Å². The van der Waals surface area contributed by atoms with Crippen molar-refractivity contribution in [3.05, 3.63) is 29.6 Å². The van der Waals surface area contributed by atoms with E-state index in [1.54, 1.807) is 11.0 Å². The maximum atomic E-state index is 13.7. The number of nitrogens with two attached hydrogens (primary N) is 1. The van der Waals surface area contributed by atoms with Crippen molar-refractivity contribution in [2.24, 2.45) is 5.92 Å². The molecule has 0 saturated carbocycles. The Morgan fingerprint density at radius 3 is 2.61 bits per heavy atom. The van der Waals surface area contributed by atoms with E-state index < -0.39 is 5.82 Å². The highest BCUT2D eigenvalue weighted by Crippen LogP contribution is 2.15. The second-order valence-corrected chi connectivity index (χ2v) is 4.60. The van der Waals surface area contributed by atoms with Crippen molar-refractivity contribution < 1.29 is 9.18 Å². The van der Waals surface area contributed by atoms with Gasteiger partial charge in [-0.05, 0) is 31.0 Å². The molecule has 0 heterocycles. The second kappa shape index (κ2) is 6.38. The molecule has 0 aromatic heterocycles. The van der Waals surface area contributed by atoms with E-state index in [0.29, 0.717) is 24.7 Å². The molecule has 1 atom stereocenters. The number of nitrogen functional groups attached to an aromatic ring is 1. The van der Waals surface area contributed by atoms with Crippen LogP contribution in [-0.2, 0) is 0 Å². The molecule has 0 saturated heterocycles. The molecule has 1 rings (SSSR count). The Bertz CT molecular complexity index is 420. The fourth-order valence-corrected chi connectivity index (χ4v) is 1.74. The quantitative estimate of drug-likeness (QED) is 0.819. The first kappa shape index (κ1) is 14.5. The zero-order valence-corrected chi connectivity index (χ0v) is 11.2. The number of benzene rings is 1. The average molecular weight is 252 g/mol. The van der Waals surface area contributed by atoms with Crippen LogP contribution in [0.5, 0.6) is 0 Å². The fourth-order valence-electron chi connectivity index (χ4n) is 1.74. The van der Waals surface area contributed by atoms with Crippen LogP contribution in [0, 0.1) is 11.7 Å². The van der Waals surface area contributed by atoms with Crippen molar-refractivity contribution in [3.63, 3.8) is 0 Å². The van der Waals surface area contributed by atoms with Crippen LogP contribution in [0.1, 0.15) is 37.6 Å². The molecule has 0 radical (unpaired) electrons. The molecule has 0 spiro atoms. The van der Waals surface area contributed by atoms with E-state index in [-0.39, 0.29) is 11.5 Å². The largest absolute Gasteiger partial charge is 0.399 e. The monoisotopic (exact) mass is 252 g/mol. The zero-order chi connectivity index (χ0) is 13.7. The SMILES string of the molecule is CCC(C)CN(CC)C(=O)c1ccc(N)cc1F. The van der Waals surface area contributed by atoms with Crippen LogP contribution in [-0.4, -0.2) is 23.9 Å². The van der Waals surface area contributed by atoms with E-state index in [0.717, 1.165) is 6.42 Å². The third-order valence-electron chi connectivity index (χ3n) is 3.12. The summed E-state index contributed by atoms with van der Waals surface area (Å²) in [7, 11) is 0. The standard InChI is InChI=1S/C14H21FN2O/c1-4-10(3)9-17(5-2)14(18)12-7-6-11(16)8-13(12)15/h6-8,10H,4-5,9,16H2,1-3H3. The van der Waals surface area contributed by atoms with Gasteiger partial charge in [0, 0.05) is 18.8 Å². The van der Waals surface area contributed by atoms with Gasteiger partial charge in [-0.1, -0.05) is 20.3 Å². The molecule has 18 heavy (non-hydrogen) atoms. The number of rotatable bonds is 5. The summed E-state index contributed by atoms with van der Waals surface area (Å²) in [5.41, 5.74) is 5.89. The van der Waals surface area contributed by atoms with Gasteiger partial charge in [0.15, 0.2) is 0 Å². The predicted molar refractivity (Wildman–Crippen MR) is 71.8 cm³/mol. The highest BCUT2D eigenvalue weighted by Gasteiger charge is 2.19. The summed E-state index contributed by atoms with van der Waals surface area (Å²) >= 11 is 0. The van der Waals surface area contributed by atoms with E-state index in [1.807, 2.05) is 6.92 Å². The molecule has 0 aliphatic heterocycles. The number of halogens is 1. The molecule has 4 heteroatoms. The summed E-state index contributed by atoms with van der Waals surface area (Å²) < 4.78 is 13.7. The third-order valence-corrected chi connectivity index (χ3v) is 3.12. The summed E-state index contributed by atoms with van der Waals surface area (Å²) in [4.78, 5) is 13.9. The first-order valence-corrected chi connectivity index (χ1v) is 6.33. The number of carbonyl (C=O) groups is 1. The molecule has 0 fully saturated rings. The summed E-state index contributed by atoms with van der Waals surface area (Å²) in [5.74, 6) is -0.413. The highest BCUT2D eigenvalue weighted by molar-refractivity contribution is 5.94. The van der Waals surface area contributed by atoms with E-state index in [9.17, 15) is 9.18 Å². The van der Waals surface area contributed by atoms with Crippen molar-refractivity contribution >= 4 is 11.6 Å². The predicted octanol–water partition coefficient (Wildman–Crippen LogP) is 2.92. The van der Waals surface area contributed by atoms with Gasteiger partial charge >= 0.3 is 0 Å². The lowest BCUT2D eigenvalue weighted by molar-refractivity contribution is 0.0736. The van der Waals surface area contributed by atoms with Crippen LogP contribution in [0.4, 0.5) is 10.1 Å². The van der Waals surface area contributed by atoms with E-state index >= 15 is 0 Å². The smallest absolute Gasteiger partial charge is 0.256 e. The molecule has 2 N–H and O–H groups in total. The number of hydrogen-bond donors (Lipinski definition) is 1. The average Bonchev–Trinajstić information content (AvgIpc) is 2.34. The maximum Gasteiger partial charge on any atom is 0.256 e. The Hall–Kier alpha value is -1.58. The molecule has 1 unspecified atom stereocenters. The topological polar surface area (TPSA) is 46.3 Å². The van der Waals surface area contributed by atoms with Gasteiger partial charge in [0.05, 0.1) is 5.56 Å². The molecular weight excluding hydrogens is 231 g/mol. The minimum absolute atomic E-state index is 0.0920. The number of amides is 1. The summed E-state index contributed by atoms with van der Waals surface area (Å²) in [5, 5.41) is 0. The molecular formula is C14H21FN2O. The van der Waals surface area contributed by atoms with Gasteiger partial charge in [-0.15, -0.1) is 0 Å². The van der Waals surface area contributed by atoms with Crippen molar-refractivity contribution in [1.29, 1.82) is 0 Å². The van der Waals surface area contributed by atoms with E-state index in [1.165, 1.54) is 12.1 Å². The van der Waals surface area contributed by atoms with Gasteiger partial charge in [-0.2, -0.15) is 0 Å². The van der Waals surface area contributed by atoms with Crippen LogP contribution >= 0.6 is 0 Å². The van der Waals surface area contributed by atoms with E-state index in [2.05, 4.69) is 13.8 Å². The highest BCUT2D eigenvalue weighted by atomic mass is 19.1. The molecule has 0 bridgehead atoms. The fraction of sp³-hybridized carbons (Fsp3) is 0.500. The van der Waals surface area contributed by atoms with Crippen molar-refractivity contribution in [2.45, 2.75) is 27.2 Å². The summed E-state index contributed by atoms with van der Waals surface area (Å²) in [6, 6.07) is 4.18. The molecule has 3 nitrogen and oxygen atoms in total. The molecule has 100 valence electrons. The van der Waals surface area contributed by atoms with Gasteiger partial charge in [0.2, 0.25) is 0 Å². The van der Waals surface area contributed by atoms with Gasteiger partial charge in [-0.25, -0.2) is 4.39 Å². The first-order chi connectivity index (χ1) is 8.49. The van der Waals surface area contributed by atoms with Crippen molar-refractivity contribution in [3.8, 4) is 0 Å². The Morgan fingerprint density at radius 1 is 1.44 bits per heavy atom. The van der Waals surface area contributed by atoms with Crippen LogP contribution in [0.25, 0.3) is 0 Å². The lowest BCUT2D eigenvalue weighted by Crippen LogP contribution is -2.35. The second-order valence-electron chi connectivity index (χ2n) is 4.60. The first-order valence-electron chi connectivity index (χ1n) is 6.33. The molecule has 0 aliphatic carbocycles. The van der Waals surface area contributed by atoms with Gasteiger partial charge in [0.25, 0.3) is 5.91 Å². The minimum Gasteiger partial charge on any atom is -0.399 e. The normalized spacial score (nSPS) is 12.2. The Kier molecular flexibility index (Phi) is 5.13. The number of anilines is 1. The molecule has 1 aromatic carbocycles. The Balaban J connectivity index is 2.89. The lowest BCUT2D eigenvalue weighted by Gasteiger charge is -2.24. The lowest BCUT2D eigenvalue weighted by atomic mass is 10.1. The van der Waals surface area contributed by atoms with Gasteiger partial charge < -0.3 is 10.6 Å². The summed E-state index contributed by atoms with van der Waals surface area (Å²) in [6.07, 6.45) is 0.994. The van der Waals surface area contributed by atoms with Crippen LogP contribution in [0.15, 0.2) is 18.2 Å². The third kappa shape index (κ3) is 3.45. The minimum atomic E-state index is -0.553. The number of hydrogen-bond acceptors (Lipinski definition) is 2. The van der Waals surface area contributed by atoms with Gasteiger partial charge in [0.1, 0.15) is 5.82 Å². The van der Waals surface area contributed by atoms with Gasteiger partial charge in [-0.3, -0.25) is 4.79 Å². The molecule has 0 aliphatic rings. The van der Waals surface area contributed by atoms with Crippen LogP contribution in [0.3, 0.4) is 0 Å². The van der Waals surface area contributed by atoms with Crippen LogP contribution < -0.4 is 5.73 Å². The zero-order valence-electron chi connectivity index (χ0n) is 11.2. The molecule has 1 amide bonds. The maximum absolute atomic E-state index is 13.7. The van der Waals surface area contributed by atoms with Crippen molar-refractivity contribution in [2.75, 3.05) is 18.8 Å². The number of nitrogens with zero attached hydrogens (tertiary/aromatic N) is 1. The Labute approximate surface area is 108 Å². The molecule has 1 aromatic rings. The summed E-state index contributed by atoms with van der Waals surface area (Å²) in [6.45, 7) is 7.28.